The summed E-state index contributed by atoms with van der Waals surface area (Å²) in [6, 6.07) is 3.33. The minimum atomic E-state index is 0.407. The number of nitrogens with zero attached hydrogens (tertiary/aromatic N) is 1. The van der Waals surface area contributed by atoms with Gasteiger partial charge in [-0.15, -0.1) is 0 Å². The molecule has 2 nitrogen and oxygen atoms in total. The molecule has 1 heterocycles. The summed E-state index contributed by atoms with van der Waals surface area (Å²) in [6.07, 6.45) is 0.719. The van der Waals surface area contributed by atoms with Gasteiger partial charge in [0.05, 0.1) is 5.69 Å². The van der Waals surface area contributed by atoms with E-state index in [9.17, 15) is 0 Å². The fourth-order valence-corrected chi connectivity index (χ4v) is 1.01. The van der Waals surface area contributed by atoms with E-state index in [-0.39, 0.29) is 0 Å². The van der Waals surface area contributed by atoms with Crippen molar-refractivity contribution in [3.63, 3.8) is 0 Å². The highest BCUT2D eigenvalue weighted by molar-refractivity contribution is 7.80. The standard InChI is InChI=1S/C9H9ClN2S/c10-9-5-4-7(11)8(12-9)3-1-2-6-13/h4-5,13H,2,6,11H2. The zero-order valence-corrected chi connectivity index (χ0v) is 8.57. The molecule has 0 unspecified atom stereocenters. The zero-order valence-electron chi connectivity index (χ0n) is 6.92. The summed E-state index contributed by atoms with van der Waals surface area (Å²) < 4.78 is 0. The first-order valence-corrected chi connectivity index (χ1v) is 4.77. The number of rotatable bonds is 1. The van der Waals surface area contributed by atoms with E-state index in [4.69, 9.17) is 17.3 Å². The molecule has 0 bridgehead atoms. The molecule has 0 aromatic carbocycles. The Morgan fingerprint density at radius 3 is 3.00 bits per heavy atom. The highest BCUT2D eigenvalue weighted by Gasteiger charge is 1.96. The summed E-state index contributed by atoms with van der Waals surface area (Å²) in [5.41, 5.74) is 6.72. The van der Waals surface area contributed by atoms with Crippen molar-refractivity contribution in [1.29, 1.82) is 0 Å². The maximum absolute atomic E-state index is 5.68. The Bertz CT molecular complexity index is 354. The van der Waals surface area contributed by atoms with Gasteiger partial charge in [-0.25, -0.2) is 4.98 Å². The number of halogens is 1. The summed E-state index contributed by atoms with van der Waals surface area (Å²) in [5.74, 6) is 6.46. The van der Waals surface area contributed by atoms with Crippen LogP contribution in [0.15, 0.2) is 12.1 Å². The molecule has 1 rings (SSSR count). The second-order valence-electron chi connectivity index (χ2n) is 2.35. The molecule has 2 N–H and O–H groups in total. The fourth-order valence-electron chi connectivity index (χ4n) is 0.748. The number of anilines is 1. The zero-order chi connectivity index (χ0) is 9.68. The van der Waals surface area contributed by atoms with E-state index in [1.807, 2.05) is 0 Å². The Kier molecular flexibility index (Phi) is 3.94. The molecule has 0 aliphatic carbocycles. The molecule has 0 radical (unpaired) electrons. The van der Waals surface area contributed by atoms with Gasteiger partial charge in [0.2, 0.25) is 0 Å². The van der Waals surface area contributed by atoms with Crippen LogP contribution in [0.1, 0.15) is 12.1 Å². The Morgan fingerprint density at radius 1 is 1.54 bits per heavy atom. The molecule has 0 fully saturated rings. The van der Waals surface area contributed by atoms with Crippen molar-refractivity contribution in [1.82, 2.24) is 4.98 Å². The van der Waals surface area contributed by atoms with Gasteiger partial charge in [0.25, 0.3) is 0 Å². The molecular formula is C9H9ClN2S. The fraction of sp³-hybridized carbons (Fsp3) is 0.222. The van der Waals surface area contributed by atoms with Gasteiger partial charge in [-0.2, -0.15) is 12.6 Å². The molecule has 68 valence electrons. The quantitative estimate of drug-likeness (QED) is 0.425. The molecule has 0 amide bonds. The third kappa shape index (κ3) is 3.17. The van der Waals surface area contributed by atoms with E-state index < -0.39 is 0 Å². The summed E-state index contributed by atoms with van der Waals surface area (Å²) in [6.45, 7) is 0. The molecule has 1 aromatic rings. The number of hydrogen-bond donors (Lipinski definition) is 2. The van der Waals surface area contributed by atoms with Crippen LogP contribution in [0.2, 0.25) is 5.15 Å². The van der Waals surface area contributed by atoms with Crippen LogP contribution in [0.25, 0.3) is 0 Å². The van der Waals surface area contributed by atoms with Gasteiger partial charge in [0, 0.05) is 12.2 Å². The Morgan fingerprint density at radius 2 is 2.31 bits per heavy atom. The first kappa shape index (κ1) is 10.2. The monoisotopic (exact) mass is 212 g/mol. The first-order valence-electron chi connectivity index (χ1n) is 3.76. The van der Waals surface area contributed by atoms with E-state index in [1.165, 1.54) is 0 Å². The van der Waals surface area contributed by atoms with E-state index in [0.717, 1.165) is 12.2 Å². The number of nitrogen functional groups attached to an aromatic ring is 1. The van der Waals surface area contributed by atoms with Gasteiger partial charge in [-0.1, -0.05) is 17.5 Å². The lowest BCUT2D eigenvalue weighted by Gasteiger charge is -1.96. The summed E-state index contributed by atoms with van der Waals surface area (Å²) in [7, 11) is 0. The third-order valence-corrected chi connectivity index (χ3v) is 1.77. The number of aromatic nitrogens is 1. The molecule has 0 atom stereocenters. The maximum atomic E-state index is 5.68. The predicted octanol–water partition coefficient (Wildman–Crippen LogP) is 1.99. The largest absolute Gasteiger partial charge is 0.396 e. The molecule has 1 aromatic heterocycles. The van der Waals surface area contributed by atoms with E-state index >= 15 is 0 Å². The molecule has 0 saturated carbocycles. The molecule has 0 spiro atoms. The first-order chi connectivity index (χ1) is 6.24. The van der Waals surface area contributed by atoms with E-state index in [2.05, 4.69) is 29.5 Å². The Labute approximate surface area is 87.9 Å². The smallest absolute Gasteiger partial charge is 0.137 e. The number of nitrogens with two attached hydrogens (primary N) is 1. The molecule has 13 heavy (non-hydrogen) atoms. The molecule has 0 saturated heterocycles. The average molecular weight is 213 g/mol. The van der Waals surface area contributed by atoms with Gasteiger partial charge in [-0.3, -0.25) is 0 Å². The van der Waals surface area contributed by atoms with Crippen LogP contribution in [0.5, 0.6) is 0 Å². The number of pyridine rings is 1. The molecule has 0 aliphatic heterocycles. The van der Waals surface area contributed by atoms with Crippen LogP contribution in [-0.4, -0.2) is 10.7 Å². The molecular weight excluding hydrogens is 204 g/mol. The van der Waals surface area contributed by atoms with Crippen LogP contribution in [0.4, 0.5) is 5.69 Å². The Balaban J connectivity index is 2.89. The lowest BCUT2D eigenvalue weighted by molar-refractivity contribution is 1.27. The van der Waals surface area contributed by atoms with Crippen LogP contribution in [0.3, 0.4) is 0 Å². The second kappa shape index (κ2) is 5.00. The van der Waals surface area contributed by atoms with Gasteiger partial charge >= 0.3 is 0 Å². The molecule has 4 heteroatoms. The van der Waals surface area contributed by atoms with E-state index in [1.54, 1.807) is 12.1 Å². The van der Waals surface area contributed by atoms with Crippen LogP contribution < -0.4 is 5.73 Å². The van der Waals surface area contributed by atoms with Gasteiger partial charge in [-0.05, 0) is 18.1 Å². The van der Waals surface area contributed by atoms with Crippen molar-refractivity contribution in [3.8, 4) is 11.8 Å². The number of hydrogen-bond acceptors (Lipinski definition) is 3. The van der Waals surface area contributed by atoms with Crippen molar-refractivity contribution in [2.45, 2.75) is 6.42 Å². The van der Waals surface area contributed by atoms with E-state index in [0.29, 0.717) is 16.5 Å². The summed E-state index contributed by atoms with van der Waals surface area (Å²) >= 11 is 9.71. The van der Waals surface area contributed by atoms with Crippen LogP contribution in [-0.2, 0) is 0 Å². The SMILES string of the molecule is Nc1ccc(Cl)nc1C#CCCS. The lowest BCUT2D eigenvalue weighted by Crippen LogP contribution is -1.93. The minimum absolute atomic E-state index is 0.407. The van der Waals surface area contributed by atoms with Gasteiger partial charge in [0.1, 0.15) is 10.8 Å². The third-order valence-electron chi connectivity index (χ3n) is 1.34. The highest BCUT2D eigenvalue weighted by Crippen LogP contribution is 2.11. The van der Waals surface area contributed by atoms with Crippen molar-refractivity contribution in [2.24, 2.45) is 0 Å². The van der Waals surface area contributed by atoms with Crippen molar-refractivity contribution in [3.05, 3.63) is 23.0 Å². The van der Waals surface area contributed by atoms with Crippen LogP contribution >= 0.6 is 24.2 Å². The van der Waals surface area contributed by atoms with Gasteiger partial charge in [0.15, 0.2) is 0 Å². The summed E-state index contributed by atoms with van der Waals surface area (Å²) in [4.78, 5) is 3.99. The summed E-state index contributed by atoms with van der Waals surface area (Å²) in [5, 5.41) is 0.407. The Hall–Kier alpha value is -0.850. The van der Waals surface area contributed by atoms with Crippen molar-refractivity contribution in [2.75, 3.05) is 11.5 Å². The second-order valence-corrected chi connectivity index (χ2v) is 3.18. The van der Waals surface area contributed by atoms with Crippen LogP contribution in [0, 0.1) is 11.8 Å². The van der Waals surface area contributed by atoms with Gasteiger partial charge < -0.3 is 5.73 Å². The topological polar surface area (TPSA) is 38.9 Å². The van der Waals surface area contributed by atoms with Crippen molar-refractivity contribution >= 4 is 29.9 Å². The number of thiol groups is 1. The molecule has 0 aliphatic rings. The lowest BCUT2D eigenvalue weighted by atomic mass is 10.3. The predicted molar refractivity (Wildman–Crippen MR) is 59.0 cm³/mol. The van der Waals surface area contributed by atoms with Crippen molar-refractivity contribution < 1.29 is 0 Å². The maximum Gasteiger partial charge on any atom is 0.137 e. The minimum Gasteiger partial charge on any atom is -0.396 e. The average Bonchev–Trinajstić information content (AvgIpc) is 2.11. The highest BCUT2D eigenvalue weighted by atomic mass is 35.5. The normalized spacial score (nSPS) is 9.08.